The van der Waals surface area contributed by atoms with Gasteiger partial charge in [0.25, 0.3) is 0 Å². The van der Waals surface area contributed by atoms with Crippen molar-refractivity contribution in [2.24, 2.45) is 28.6 Å². The molecule has 0 radical (unpaired) electrons. The first kappa shape index (κ1) is 15.7. The van der Waals surface area contributed by atoms with E-state index in [-0.39, 0.29) is 11.2 Å². The Morgan fingerprint density at radius 1 is 1.18 bits per heavy atom. The fourth-order valence-corrected chi connectivity index (χ4v) is 8.40. The van der Waals surface area contributed by atoms with Crippen LogP contribution in [0.15, 0.2) is 12.2 Å². The number of ether oxygens (including phenoxy) is 1. The van der Waals surface area contributed by atoms with Gasteiger partial charge in [-0.2, -0.15) is 0 Å². The summed E-state index contributed by atoms with van der Waals surface area (Å²) in [4.78, 5) is 0. The lowest BCUT2D eigenvalue weighted by Crippen LogP contribution is -2.81. The second-order valence-corrected chi connectivity index (χ2v) is 9.99. The van der Waals surface area contributed by atoms with E-state index < -0.39 is 0 Å². The molecule has 2 heteroatoms. The predicted octanol–water partition coefficient (Wildman–Crippen LogP) is 5.73. The molecule has 0 aromatic rings. The van der Waals surface area contributed by atoms with E-state index in [1.165, 1.54) is 38.5 Å². The van der Waals surface area contributed by atoms with Crippen LogP contribution in [0.3, 0.4) is 0 Å². The molecule has 3 aliphatic carbocycles. The predicted molar refractivity (Wildman–Crippen MR) is 95.2 cm³/mol. The van der Waals surface area contributed by atoms with Crippen LogP contribution < -0.4 is 0 Å². The first-order valence-electron chi connectivity index (χ1n) is 9.27. The third kappa shape index (κ3) is 1.60. The Kier molecular flexibility index (Phi) is 3.30. The average Bonchev–Trinajstić information content (AvgIpc) is 2.44. The highest BCUT2D eigenvalue weighted by molar-refractivity contribution is 9.09. The molecule has 4 rings (SSSR count). The number of hydrogen-bond donors (Lipinski definition) is 0. The minimum absolute atomic E-state index is 0.00581. The lowest BCUT2D eigenvalue weighted by Gasteiger charge is -2.78. The number of allylic oxidation sites excluding steroid dienone is 1. The molecule has 0 bridgehead atoms. The largest absolute Gasteiger partial charge is 0.363 e. The zero-order valence-electron chi connectivity index (χ0n) is 14.6. The molecule has 0 amide bonds. The standard InChI is InChI=1S/C20H31BrO/c1-14(2)15-7-5-10-20-16-17(3,11-12-19(15,20)13-21)8-6-9-18(16,4)22-20/h5,10,14-16H,6-9,11-13H2,1-4H3/t15-,16-,17-,18+,19-,20?/m0/s1. The van der Waals surface area contributed by atoms with Crippen molar-refractivity contribution in [1.29, 1.82) is 0 Å². The van der Waals surface area contributed by atoms with Gasteiger partial charge < -0.3 is 4.74 Å². The molecule has 124 valence electrons. The van der Waals surface area contributed by atoms with Gasteiger partial charge >= 0.3 is 0 Å². The van der Waals surface area contributed by atoms with Crippen molar-refractivity contribution in [3.05, 3.63) is 12.2 Å². The SMILES string of the molecule is CC(C)[C@@H]1CC=CC23O[C@]4(C)CCC[C@@](C)(CC[C@]12CBr)[C@H]34. The topological polar surface area (TPSA) is 9.23 Å². The van der Waals surface area contributed by atoms with Crippen LogP contribution in [0.2, 0.25) is 0 Å². The molecular formula is C20H31BrO. The highest BCUT2D eigenvalue weighted by Crippen LogP contribution is 2.75. The highest BCUT2D eigenvalue weighted by Gasteiger charge is 2.77. The number of rotatable bonds is 2. The Hall–Kier alpha value is 0.180. The fourth-order valence-electron chi connectivity index (χ4n) is 7.27. The van der Waals surface area contributed by atoms with Gasteiger partial charge in [-0.3, -0.25) is 0 Å². The molecular weight excluding hydrogens is 336 g/mol. The van der Waals surface area contributed by atoms with Gasteiger partial charge in [-0.15, -0.1) is 0 Å². The Bertz CT molecular complexity index is 514. The van der Waals surface area contributed by atoms with Crippen molar-refractivity contribution in [3.63, 3.8) is 0 Å². The van der Waals surface area contributed by atoms with E-state index in [1.807, 2.05) is 0 Å². The smallest absolute Gasteiger partial charge is 0.0997 e. The van der Waals surface area contributed by atoms with E-state index in [4.69, 9.17) is 4.74 Å². The number of hydrogen-bond acceptors (Lipinski definition) is 1. The summed E-state index contributed by atoms with van der Waals surface area (Å²) in [5.74, 6) is 2.18. The average molecular weight is 367 g/mol. The Morgan fingerprint density at radius 2 is 1.95 bits per heavy atom. The maximum absolute atomic E-state index is 6.92. The van der Waals surface area contributed by atoms with Crippen LogP contribution in [0.5, 0.6) is 0 Å². The molecule has 0 aromatic carbocycles. The fraction of sp³-hybridized carbons (Fsp3) is 0.900. The van der Waals surface area contributed by atoms with Gasteiger partial charge in [-0.05, 0) is 56.3 Å². The first-order valence-corrected chi connectivity index (χ1v) is 10.4. The summed E-state index contributed by atoms with van der Waals surface area (Å²) in [6, 6.07) is 0. The summed E-state index contributed by atoms with van der Waals surface area (Å²) in [6.45, 7) is 9.78. The Labute approximate surface area is 144 Å². The minimum atomic E-state index is 0.00581. The normalized spacial score (nSPS) is 56.3. The summed E-state index contributed by atoms with van der Waals surface area (Å²) in [5, 5.41) is 1.09. The number of halogens is 1. The van der Waals surface area contributed by atoms with Crippen LogP contribution in [-0.4, -0.2) is 16.5 Å². The monoisotopic (exact) mass is 366 g/mol. The van der Waals surface area contributed by atoms with Gasteiger partial charge in [0.05, 0.1) is 11.2 Å². The van der Waals surface area contributed by atoms with Crippen LogP contribution in [0, 0.1) is 28.6 Å². The van der Waals surface area contributed by atoms with Gasteiger partial charge in [0, 0.05) is 16.7 Å². The van der Waals surface area contributed by atoms with Crippen molar-refractivity contribution in [2.45, 2.75) is 77.4 Å². The Balaban J connectivity index is 1.86. The lowest BCUT2D eigenvalue weighted by molar-refractivity contribution is -0.402. The maximum Gasteiger partial charge on any atom is 0.0997 e. The van der Waals surface area contributed by atoms with Crippen molar-refractivity contribution in [3.8, 4) is 0 Å². The molecule has 4 aliphatic rings. The van der Waals surface area contributed by atoms with Gasteiger partial charge in [0.2, 0.25) is 0 Å². The van der Waals surface area contributed by atoms with E-state index in [1.54, 1.807) is 0 Å². The van der Waals surface area contributed by atoms with Crippen LogP contribution >= 0.6 is 15.9 Å². The first-order chi connectivity index (χ1) is 10.3. The molecule has 1 nitrogen and oxygen atoms in total. The molecule has 1 spiro atoms. The molecule has 0 N–H and O–H groups in total. The molecule has 2 saturated carbocycles. The quantitative estimate of drug-likeness (QED) is 0.447. The third-order valence-electron chi connectivity index (χ3n) is 7.99. The van der Waals surface area contributed by atoms with E-state index in [2.05, 4.69) is 55.8 Å². The summed E-state index contributed by atoms with van der Waals surface area (Å²) < 4.78 is 6.92. The summed E-state index contributed by atoms with van der Waals surface area (Å²) in [6.07, 6.45) is 12.9. The van der Waals surface area contributed by atoms with Crippen molar-refractivity contribution in [2.75, 3.05) is 5.33 Å². The molecule has 0 aromatic heterocycles. The van der Waals surface area contributed by atoms with E-state index in [9.17, 15) is 0 Å². The van der Waals surface area contributed by atoms with Crippen LogP contribution in [0.4, 0.5) is 0 Å². The second-order valence-electron chi connectivity index (χ2n) is 9.43. The van der Waals surface area contributed by atoms with E-state index in [0.717, 1.165) is 17.2 Å². The zero-order valence-corrected chi connectivity index (χ0v) is 16.2. The molecule has 3 fully saturated rings. The molecule has 1 unspecified atom stereocenters. The van der Waals surface area contributed by atoms with Crippen molar-refractivity contribution < 1.29 is 4.74 Å². The summed E-state index contributed by atoms with van der Waals surface area (Å²) in [5.41, 5.74) is 0.924. The summed E-state index contributed by atoms with van der Waals surface area (Å²) in [7, 11) is 0. The van der Waals surface area contributed by atoms with Crippen LogP contribution in [0.25, 0.3) is 0 Å². The summed E-state index contributed by atoms with van der Waals surface area (Å²) >= 11 is 3.95. The van der Waals surface area contributed by atoms with Crippen molar-refractivity contribution in [1.82, 2.24) is 0 Å². The lowest BCUT2D eigenvalue weighted by atomic mass is 9.37. The van der Waals surface area contributed by atoms with Crippen LogP contribution in [-0.2, 0) is 4.74 Å². The van der Waals surface area contributed by atoms with Gasteiger partial charge in [-0.25, -0.2) is 0 Å². The minimum Gasteiger partial charge on any atom is -0.363 e. The van der Waals surface area contributed by atoms with Crippen LogP contribution in [0.1, 0.15) is 66.2 Å². The Morgan fingerprint density at radius 3 is 2.64 bits per heavy atom. The second kappa shape index (κ2) is 4.63. The maximum atomic E-state index is 6.92. The molecule has 1 aliphatic heterocycles. The molecule has 1 saturated heterocycles. The molecule has 6 atom stereocenters. The van der Waals surface area contributed by atoms with Gasteiger partial charge in [0.15, 0.2) is 0 Å². The van der Waals surface area contributed by atoms with Crippen molar-refractivity contribution >= 4 is 15.9 Å². The highest BCUT2D eigenvalue weighted by atomic mass is 79.9. The van der Waals surface area contributed by atoms with E-state index >= 15 is 0 Å². The van der Waals surface area contributed by atoms with Gasteiger partial charge in [-0.1, -0.05) is 55.3 Å². The molecule has 22 heavy (non-hydrogen) atoms. The zero-order chi connectivity index (χ0) is 15.8. The third-order valence-corrected chi connectivity index (χ3v) is 8.99. The van der Waals surface area contributed by atoms with E-state index in [0.29, 0.717) is 16.7 Å². The number of alkyl halides is 1. The molecule has 1 heterocycles. The van der Waals surface area contributed by atoms with Gasteiger partial charge in [0.1, 0.15) is 0 Å².